The van der Waals surface area contributed by atoms with E-state index < -0.39 is 17.9 Å². The van der Waals surface area contributed by atoms with Crippen molar-refractivity contribution >= 4 is 29.0 Å². The van der Waals surface area contributed by atoms with E-state index >= 15 is 0 Å². The maximum absolute atomic E-state index is 13.7. The number of hydrogen-bond donors (Lipinski definition) is 1. The SMILES string of the molecule is CCCCCCCOc1ccc(-c2cnc(-c3ccc(C[C@H](CC(=O)c4ccc(CC)s4)C(=O)N4CCC[C@H]4C(=O)O)cc3)nc2)cc1. The van der Waals surface area contributed by atoms with Crippen LogP contribution in [0.1, 0.15) is 85.3 Å². The molecule has 0 aliphatic carbocycles. The average molecular weight is 668 g/mol. The van der Waals surface area contributed by atoms with Crippen molar-refractivity contribution in [1.82, 2.24) is 14.9 Å². The molecule has 2 atom stereocenters. The van der Waals surface area contributed by atoms with Crippen molar-refractivity contribution in [3.63, 3.8) is 0 Å². The van der Waals surface area contributed by atoms with Gasteiger partial charge in [0.15, 0.2) is 11.6 Å². The standard InChI is InChI=1S/C39H45N3O5S/c1-3-5-6-7-8-22-47-32-17-15-28(16-18-32)31-25-40-37(41-26-31)29-13-11-27(12-14-29)23-30(24-35(43)36-20-19-33(4-2)48-36)38(44)42-21-9-10-34(42)39(45)46/h11-20,25-26,30,34H,3-10,21-24H2,1-2H3,(H,45,46)/t30-,34+/m1/s1. The number of hydrogen-bond acceptors (Lipinski definition) is 7. The van der Waals surface area contributed by atoms with E-state index in [4.69, 9.17) is 4.74 Å². The monoisotopic (exact) mass is 667 g/mol. The highest BCUT2D eigenvalue weighted by molar-refractivity contribution is 7.14. The number of carboxylic acid groups (broad SMARTS) is 1. The van der Waals surface area contributed by atoms with Gasteiger partial charge in [0.1, 0.15) is 11.8 Å². The lowest BCUT2D eigenvalue weighted by atomic mass is 9.91. The molecule has 1 aliphatic rings. The maximum Gasteiger partial charge on any atom is 0.326 e. The van der Waals surface area contributed by atoms with Crippen LogP contribution < -0.4 is 4.74 Å². The number of likely N-dealkylation sites (tertiary alicyclic amines) is 1. The molecule has 8 nitrogen and oxygen atoms in total. The summed E-state index contributed by atoms with van der Waals surface area (Å²) in [6.45, 7) is 5.38. The van der Waals surface area contributed by atoms with Crippen LogP contribution in [0, 0.1) is 5.92 Å². The van der Waals surface area contributed by atoms with Crippen molar-refractivity contribution in [2.24, 2.45) is 5.92 Å². The van der Waals surface area contributed by atoms with Crippen LogP contribution in [0.3, 0.4) is 0 Å². The molecule has 48 heavy (non-hydrogen) atoms. The van der Waals surface area contributed by atoms with Crippen LogP contribution >= 0.6 is 11.3 Å². The summed E-state index contributed by atoms with van der Waals surface area (Å²) in [5, 5.41) is 9.71. The van der Waals surface area contributed by atoms with E-state index in [9.17, 15) is 19.5 Å². The van der Waals surface area contributed by atoms with E-state index in [1.54, 1.807) is 0 Å². The summed E-state index contributed by atoms with van der Waals surface area (Å²) in [5.41, 5.74) is 3.64. The fraction of sp³-hybridized carbons (Fsp3) is 0.410. The van der Waals surface area contributed by atoms with Crippen LogP contribution in [0.15, 0.2) is 73.1 Å². The molecule has 2 aromatic carbocycles. The third kappa shape index (κ3) is 9.16. The highest BCUT2D eigenvalue weighted by Crippen LogP contribution is 2.28. The van der Waals surface area contributed by atoms with Gasteiger partial charge in [-0.1, -0.05) is 75.9 Å². The van der Waals surface area contributed by atoms with Gasteiger partial charge in [-0.3, -0.25) is 9.59 Å². The molecule has 1 saturated heterocycles. The number of nitrogens with zero attached hydrogens (tertiary/aromatic N) is 3. The van der Waals surface area contributed by atoms with E-state index in [-0.39, 0.29) is 18.1 Å². The number of benzene rings is 2. The number of aromatic nitrogens is 2. The topological polar surface area (TPSA) is 110 Å². The lowest BCUT2D eigenvalue weighted by molar-refractivity contribution is -0.149. The minimum Gasteiger partial charge on any atom is -0.494 e. The van der Waals surface area contributed by atoms with Gasteiger partial charge in [-0.25, -0.2) is 14.8 Å². The second-order valence-electron chi connectivity index (χ2n) is 12.5. The molecule has 4 aromatic rings. The number of aryl methyl sites for hydroxylation is 1. The Kier molecular flexibility index (Phi) is 12.5. The number of amides is 1. The average Bonchev–Trinajstić information content (AvgIpc) is 3.81. The molecular weight excluding hydrogens is 623 g/mol. The third-order valence-corrected chi connectivity index (χ3v) is 10.2. The number of rotatable bonds is 17. The van der Waals surface area contributed by atoms with Crippen LogP contribution in [0.4, 0.5) is 0 Å². The van der Waals surface area contributed by atoms with E-state index in [1.165, 1.54) is 41.9 Å². The third-order valence-electron chi connectivity index (χ3n) is 8.94. The second-order valence-corrected chi connectivity index (χ2v) is 13.6. The molecule has 2 aromatic heterocycles. The molecule has 0 bridgehead atoms. The van der Waals surface area contributed by atoms with E-state index in [2.05, 4.69) is 16.9 Å². The molecule has 3 heterocycles. The number of Topliss-reactive ketones (excluding diaryl/α,β-unsaturated/α-hetero) is 1. The van der Waals surface area contributed by atoms with Gasteiger partial charge in [-0.2, -0.15) is 0 Å². The summed E-state index contributed by atoms with van der Waals surface area (Å²) < 4.78 is 5.89. The predicted molar refractivity (Wildman–Crippen MR) is 189 cm³/mol. The number of unbranched alkanes of at least 4 members (excludes halogenated alkanes) is 4. The summed E-state index contributed by atoms with van der Waals surface area (Å²) >= 11 is 1.46. The molecule has 1 N–H and O–H groups in total. The van der Waals surface area contributed by atoms with Crippen molar-refractivity contribution in [3.05, 3.63) is 88.4 Å². The Morgan fingerprint density at radius 3 is 2.27 bits per heavy atom. The first-order valence-electron chi connectivity index (χ1n) is 17.2. The Balaban J connectivity index is 1.23. The van der Waals surface area contributed by atoms with E-state index in [0.717, 1.165) is 52.3 Å². The maximum atomic E-state index is 13.7. The van der Waals surface area contributed by atoms with Gasteiger partial charge in [0.05, 0.1) is 11.5 Å². The number of ketones is 1. The number of ether oxygens (including phenoxy) is 1. The normalized spacial score (nSPS) is 15.0. The van der Waals surface area contributed by atoms with Gasteiger partial charge < -0.3 is 14.7 Å². The highest BCUT2D eigenvalue weighted by Gasteiger charge is 2.38. The van der Waals surface area contributed by atoms with Crippen molar-refractivity contribution in [2.45, 2.75) is 84.1 Å². The fourth-order valence-electron chi connectivity index (χ4n) is 6.15. The Morgan fingerprint density at radius 2 is 1.60 bits per heavy atom. The zero-order chi connectivity index (χ0) is 33.9. The zero-order valence-corrected chi connectivity index (χ0v) is 28.7. The van der Waals surface area contributed by atoms with Gasteiger partial charge in [-0.15, -0.1) is 11.3 Å². The number of carbonyl (C=O) groups is 3. The molecule has 0 saturated carbocycles. The van der Waals surface area contributed by atoms with Gasteiger partial charge in [0.25, 0.3) is 0 Å². The first-order chi connectivity index (χ1) is 23.4. The minimum absolute atomic E-state index is 0.0316. The molecular formula is C39H45N3O5S. The van der Waals surface area contributed by atoms with Crippen molar-refractivity contribution in [1.29, 1.82) is 0 Å². The number of carboxylic acids is 1. The van der Waals surface area contributed by atoms with Gasteiger partial charge >= 0.3 is 5.97 Å². The molecule has 252 valence electrons. The number of aliphatic carboxylic acids is 1. The summed E-state index contributed by atoms with van der Waals surface area (Å²) in [7, 11) is 0. The molecule has 9 heteroatoms. The van der Waals surface area contributed by atoms with Gasteiger partial charge in [0.2, 0.25) is 5.91 Å². The minimum atomic E-state index is -0.998. The Morgan fingerprint density at radius 1 is 0.896 bits per heavy atom. The first kappa shape index (κ1) is 35.0. The summed E-state index contributed by atoms with van der Waals surface area (Å²) in [6.07, 6.45) is 11.9. The van der Waals surface area contributed by atoms with Crippen molar-refractivity contribution < 1.29 is 24.2 Å². The summed E-state index contributed by atoms with van der Waals surface area (Å²) in [5.74, 6) is -0.573. The Bertz CT molecular complexity index is 1650. The summed E-state index contributed by atoms with van der Waals surface area (Å²) in [6, 6.07) is 18.6. The zero-order valence-electron chi connectivity index (χ0n) is 27.9. The van der Waals surface area contributed by atoms with Crippen LogP contribution in [0.25, 0.3) is 22.5 Å². The van der Waals surface area contributed by atoms with E-state index in [1.807, 2.05) is 80.0 Å². The van der Waals surface area contributed by atoms with Gasteiger partial charge in [-0.05, 0) is 67.5 Å². The predicted octanol–water partition coefficient (Wildman–Crippen LogP) is 8.29. The molecule has 0 radical (unpaired) electrons. The molecule has 5 rings (SSSR count). The van der Waals surface area contributed by atoms with Crippen LogP contribution in [0.5, 0.6) is 5.75 Å². The Hall–Kier alpha value is -4.37. The largest absolute Gasteiger partial charge is 0.494 e. The molecule has 1 aliphatic heterocycles. The van der Waals surface area contributed by atoms with Crippen molar-refractivity contribution in [3.8, 4) is 28.3 Å². The smallest absolute Gasteiger partial charge is 0.326 e. The highest BCUT2D eigenvalue weighted by atomic mass is 32.1. The molecule has 1 amide bonds. The second kappa shape index (κ2) is 17.2. The molecule has 1 fully saturated rings. The van der Waals surface area contributed by atoms with Crippen LogP contribution in [-0.2, 0) is 22.4 Å². The van der Waals surface area contributed by atoms with Crippen LogP contribution in [0.2, 0.25) is 0 Å². The number of carbonyl (C=O) groups excluding carboxylic acids is 2. The van der Waals surface area contributed by atoms with Crippen LogP contribution in [-0.4, -0.2) is 56.8 Å². The molecule has 0 unspecified atom stereocenters. The lowest BCUT2D eigenvalue weighted by Gasteiger charge is -2.26. The van der Waals surface area contributed by atoms with Crippen molar-refractivity contribution in [2.75, 3.05) is 13.2 Å². The quantitative estimate of drug-likeness (QED) is 0.0891. The first-order valence-corrected chi connectivity index (χ1v) is 18.0. The fourth-order valence-corrected chi connectivity index (χ4v) is 7.05. The Labute approximate surface area is 287 Å². The van der Waals surface area contributed by atoms with E-state index in [0.29, 0.717) is 36.5 Å². The summed E-state index contributed by atoms with van der Waals surface area (Å²) in [4.78, 5) is 51.3. The molecule has 0 spiro atoms. The number of thiophene rings is 1. The lowest BCUT2D eigenvalue weighted by Crippen LogP contribution is -2.44. The van der Waals surface area contributed by atoms with Gasteiger partial charge in [0, 0.05) is 47.3 Å².